The van der Waals surface area contributed by atoms with Gasteiger partial charge in [0.1, 0.15) is 5.76 Å². The summed E-state index contributed by atoms with van der Waals surface area (Å²) < 4.78 is 0.886. The fourth-order valence-corrected chi connectivity index (χ4v) is 3.78. The highest BCUT2D eigenvalue weighted by atomic mass is 79.9. The molecule has 0 unspecified atom stereocenters. The van der Waals surface area contributed by atoms with Crippen molar-refractivity contribution in [3.8, 4) is 0 Å². The fourth-order valence-electron chi connectivity index (χ4n) is 3.51. The SMILES string of the molecule is Cc1ccc(/C(O)=C2\C(=O)C(=O)N(c3ccccc3)[C@@H]2c2ccc(Br)cc2)cc1. The maximum Gasteiger partial charge on any atom is 0.300 e. The average Bonchev–Trinajstić information content (AvgIpc) is 3.00. The Morgan fingerprint density at radius 1 is 0.897 bits per heavy atom. The molecule has 29 heavy (non-hydrogen) atoms. The van der Waals surface area contributed by atoms with Crippen molar-refractivity contribution in [2.75, 3.05) is 4.90 Å². The van der Waals surface area contributed by atoms with E-state index in [4.69, 9.17) is 0 Å². The second-order valence-electron chi connectivity index (χ2n) is 6.92. The van der Waals surface area contributed by atoms with Crippen molar-refractivity contribution in [1.82, 2.24) is 0 Å². The van der Waals surface area contributed by atoms with Crippen molar-refractivity contribution >= 4 is 39.1 Å². The first kappa shape index (κ1) is 19.2. The minimum Gasteiger partial charge on any atom is -0.507 e. The zero-order valence-electron chi connectivity index (χ0n) is 15.7. The van der Waals surface area contributed by atoms with Crippen molar-refractivity contribution in [2.24, 2.45) is 0 Å². The van der Waals surface area contributed by atoms with Crippen LogP contribution in [0, 0.1) is 6.92 Å². The Bertz CT molecular complexity index is 1100. The highest BCUT2D eigenvalue weighted by Gasteiger charge is 2.46. The minimum atomic E-state index is -0.716. The largest absolute Gasteiger partial charge is 0.507 e. The van der Waals surface area contributed by atoms with Gasteiger partial charge in [-0.1, -0.05) is 76.1 Å². The van der Waals surface area contributed by atoms with Gasteiger partial charge >= 0.3 is 0 Å². The number of aliphatic hydroxyl groups is 1. The zero-order valence-corrected chi connectivity index (χ0v) is 17.3. The molecule has 1 amide bonds. The molecule has 5 heteroatoms. The lowest BCUT2D eigenvalue weighted by Gasteiger charge is -2.25. The van der Waals surface area contributed by atoms with Gasteiger partial charge < -0.3 is 5.11 Å². The summed E-state index contributed by atoms with van der Waals surface area (Å²) >= 11 is 3.42. The standard InChI is InChI=1S/C24H18BrNO3/c1-15-7-9-17(10-8-15)22(27)20-21(16-11-13-18(25)14-12-16)26(24(29)23(20)28)19-5-3-2-4-6-19/h2-14,21,27H,1H3/b22-20+/t21-/m1/s1. The van der Waals surface area contributed by atoms with Gasteiger partial charge in [-0.3, -0.25) is 14.5 Å². The lowest BCUT2D eigenvalue weighted by atomic mass is 9.95. The van der Waals surface area contributed by atoms with Crippen LogP contribution in [-0.4, -0.2) is 16.8 Å². The number of amides is 1. The van der Waals surface area contributed by atoms with E-state index < -0.39 is 17.7 Å². The molecular weight excluding hydrogens is 430 g/mol. The Morgan fingerprint density at radius 2 is 1.52 bits per heavy atom. The monoisotopic (exact) mass is 447 g/mol. The molecule has 1 aliphatic rings. The molecule has 3 aromatic rings. The van der Waals surface area contributed by atoms with Crippen molar-refractivity contribution in [3.05, 3.63) is 106 Å². The molecule has 1 fully saturated rings. The molecule has 144 valence electrons. The number of carbonyl (C=O) groups is 2. The molecular formula is C24H18BrNO3. The smallest absolute Gasteiger partial charge is 0.300 e. The quantitative estimate of drug-likeness (QED) is 0.332. The molecule has 0 spiro atoms. The van der Waals surface area contributed by atoms with E-state index in [0.717, 1.165) is 15.6 Å². The van der Waals surface area contributed by atoms with Crippen LogP contribution in [0.2, 0.25) is 0 Å². The molecule has 4 rings (SSSR count). The summed E-state index contributed by atoms with van der Waals surface area (Å²) in [5.74, 6) is -1.52. The number of hydrogen-bond acceptors (Lipinski definition) is 3. The number of aryl methyl sites for hydroxylation is 1. The van der Waals surface area contributed by atoms with Crippen LogP contribution < -0.4 is 4.90 Å². The van der Waals surface area contributed by atoms with Gasteiger partial charge in [-0.25, -0.2) is 0 Å². The summed E-state index contributed by atoms with van der Waals surface area (Å²) in [6, 6.07) is 22.9. The van der Waals surface area contributed by atoms with Crippen molar-refractivity contribution in [2.45, 2.75) is 13.0 Å². The van der Waals surface area contributed by atoms with E-state index >= 15 is 0 Å². The van der Waals surface area contributed by atoms with Crippen molar-refractivity contribution < 1.29 is 14.7 Å². The molecule has 1 N–H and O–H groups in total. The Balaban J connectivity index is 1.94. The van der Waals surface area contributed by atoms with Gasteiger partial charge in [-0.15, -0.1) is 0 Å². The van der Waals surface area contributed by atoms with Crippen LogP contribution in [0.15, 0.2) is 88.9 Å². The number of carbonyl (C=O) groups excluding carboxylic acids is 2. The van der Waals surface area contributed by atoms with Crippen molar-refractivity contribution in [1.29, 1.82) is 0 Å². The zero-order chi connectivity index (χ0) is 20.5. The Morgan fingerprint density at radius 3 is 2.14 bits per heavy atom. The average molecular weight is 448 g/mol. The Hall–Kier alpha value is -3.18. The number of benzene rings is 3. The number of nitrogens with zero attached hydrogens (tertiary/aromatic N) is 1. The number of aliphatic hydroxyl groups excluding tert-OH is 1. The number of Topliss-reactive ketones (excluding diaryl/α,β-unsaturated/α-hetero) is 1. The molecule has 1 heterocycles. The molecule has 0 radical (unpaired) electrons. The van der Waals surface area contributed by atoms with Crippen LogP contribution in [0.25, 0.3) is 5.76 Å². The molecule has 1 aliphatic heterocycles. The minimum absolute atomic E-state index is 0.0880. The first-order valence-corrected chi connectivity index (χ1v) is 9.95. The molecule has 1 atom stereocenters. The molecule has 0 saturated carbocycles. The molecule has 4 nitrogen and oxygen atoms in total. The van der Waals surface area contributed by atoms with Gasteiger partial charge in [0.05, 0.1) is 11.6 Å². The van der Waals surface area contributed by atoms with E-state index in [9.17, 15) is 14.7 Å². The molecule has 1 saturated heterocycles. The number of hydrogen-bond donors (Lipinski definition) is 1. The van der Waals surface area contributed by atoms with E-state index in [1.54, 1.807) is 24.3 Å². The first-order chi connectivity index (χ1) is 14.0. The lowest BCUT2D eigenvalue weighted by Crippen LogP contribution is -2.29. The van der Waals surface area contributed by atoms with E-state index in [2.05, 4.69) is 15.9 Å². The number of halogens is 1. The normalized spacial score (nSPS) is 18.3. The van der Waals surface area contributed by atoms with Gasteiger partial charge in [0.15, 0.2) is 0 Å². The van der Waals surface area contributed by atoms with Gasteiger partial charge in [0, 0.05) is 15.7 Å². The highest BCUT2D eigenvalue weighted by molar-refractivity contribution is 9.10. The van der Waals surface area contributed by atoms with Crippen LogP contribution in [0.4, 0.5) is 5.69 Å². The predicted molar refractivity (Wildman–Crippen MR) is 117 cm³/mol. The molecule has 0 aromatic heterocycles. The van der Waals surface area contributed by atoms with Crippen LogP contribution in [0.5, 0.6) is 0 Å². The fraction of sp³-hybridized carbons (Fsp3) is 0.0833. The van der Waals surface area contributed by atoms with Gasteiger partial charge in [-0.2, -0.15) is 0 Å². The summed E-state index contributed by atoms with van der Waals surface area (Å²) in [5, 5.41) is 11.0. The third-order valence-electron chi connectivity index (χ3n) is 4.99. The van der Waals surface area contributed by atoms with Crippen LogP contribution in [0.3, 0.4) is 0 Å². The molecule has 0 bridgehead atoms. The van der Waals surface area contributed by atoms with Crippen molar-refractivity contribution in [3.63, 3.8) is 0 Å². The summed E-state index contributed by atoms with van der Waals surface area (Å²) in [5.41, 5.74) is 2.97. The molecule has 0 aliphatic carbocycles. The number of para-hydroxylation sites is 1. The van der Waals surface area contributed by atoms with Crippen LogP contribution in [-0.2, 0) is 9.59 Å². The van der Waals surface area contributed by atoms with E-state index in [0.29, 0.717) is 11.3 Å². The van der Waals surface area contributed by atoms with Gasteiger partial charge in [0.2, 0.25) is 0 Å². The topological polar surface area (TPSA) is 57.6 Å². The first-order valence-electron chi connectivity index (χ1n) is 9.16. The predicted octanol–water partition coefficient (Wildman–Crippen LogP) is 5.38. The summed E-state index contributed by atoms with van der Waals surface area (Å²) in [6.07, 6.45) is 0. The Labute approximate surface area is 177 Å². The second kappa shape index (κ2) is 7.68. The van der Waals surface area contributed by atoms with Gasteiger partial charge in [0.25, 0.3) is 11.7 Å². The maximum absolute atomic E-state index is 13.0. The number of ketones is 1. The Kier molecular flexibility index (Phi) is 5.07. The highest BCUT2D eigenvalue weighted by Crippen LogP contribution is 2.42. The van der Waals surface area contributed by atoms with E-state index in [-0.39, 0.29) is 11.3 Å². The molecule has 3 aromatic carbocycles. The van der Waals surface area contributed by atoms with Crippen LogP contribution >= 0.6 is 15.9 Å². The third kappa shape index (κ3) is 3.49. The van der Waals surface area contributed by atoms with E-state index in [1.165, 1.54) is 4.90 Å². The third-order valence-corrected chi connectivity index (χ3v) is 5.52. The van der Waals surface area contributed by atoms with Crippen LogP contribution in [0.1, 0.15) is 22.7 Å². The summed E-state index contributed by atoms with van der Waals surface area (Å²) in [4.78, 5) is 27.4. The lowest BCUT2D eigenvalue weighted by molar-refractivity contribution is -0.132. The second-order valence-corrected chi connectivity index (χ2v) is 7.84. The van der Waals surface area contributed by atoms with Gasteiger partial charge in [-0.05, 0) is 36.8 Å². The maximum atomic E-state index is 13.0. The van der Waals surface area contributed by atoms with E-state index in [1.807, 2.05) is 61.5 Å². The summed E-state index contributed by atoms with van der Waals surface area (Å²) in [7, 11) is 0. The summed E-state index contributed by atoms with van der Waals surface area (Å²) in [6.45, 7) is 1.94. The number of anilines is 1. The number of rotatable bonds is 3.